The lowest BCUT2D eigenvalue weighted by molar-refractivity contribution is 0.784. The van der Waals surface area contributed by atoms with Gasteiger partial charge in [0, 0.05) is 29.7 Å². The van der Waals surface area contributed by atoms with Gasteiger partial charge in [-0.15, -0.1) is 0 Å². The van der Waals surface area contributed by atoms with E-state index >= 15 is 0 Å². The largest absolute Gasteiger partial charge is 0.330 e. The van der Waals surface area contributed by atoms with Crippen molar-refractivity contribution < 1.29 is 0 Å². The highest BCUT2D eigenvalue weighted by Gasteiger charge is 2.15. The quantitative estimate of drug-likeness (QED) is 0.885. The van der Waals surface area contributed by atoms with Gasteiger partial charge in [-0.2, -0.15) is 4.37 Å². The molecule has 2 aromatic rings. The standard InChI is InChI=1S/C15H22N4S/c1-11(2)14-17-15(20-18-14)19(9-5-8-16)13-7-4-6-12(3)10-13/h4,6-7,10-11H,5,8-9,16H2,1-3H3. The van der Waals surface area contributed by atoms with Crippen LogP contribution in [0.2, 0.25) is 0 Å². The summed E-state index contributed by atoms with van der Waals surface area (Å²) in [6.45, 7) is 7.88. The lowest BCUT2D eigenvalue weighted by Crippen LogP contribution is -2.21. The van der Waals surface area contributed by atoms with Crippen molar-refractivity contribution >= 4 is 22.4 Å². The predicted octanol–water partition coefficient (Wildman–Crippen LogP) is 3.46. The molecule has 1 heterocycles. The van der Waals surface area contributed by atoms with Gasteiger partial charge >= 0.3 is 0 Å². The van der Waals surface area contributed by atoms with E-state index < -0.39 is 0 Å². The maximum absolute atomic E-state index is 5.66. The minimum atomic E-state index is 0.355. The summed E-state index contributed by atoms with van der Waals surface area (Å²) in [5.74, 6) is 1.27. The molecule has 0 amide bonds. The first-order chi connectivity index (χ1) is 9.61. The van der Waals surface area contributed by atoms with Crippen LogP contribution in [-0.4, -0.2) is 22.4 Å². The van der Waals surface area contributed by atoms with Crippen molar-refractivity contribution in [3.63, 3.8) is 0 Å². The van der Waals surface area contributed by atoms with Gasteiger partial charge < -0.3 is 10.6 Å². The summed E-state index contributed by atoms with van der Waals surface area (Å²) in [6.07, 6.45) is 0.935. The van der Waals surface area contributed by atoms with Crippen LogP contribution in [0.5, 0.6) is 0 Å². The zero-order chi connectivity index (χ0) is 14.5. The molecule has 5 heteroatoms. The van der Waals surface area contributed by atoms with Crippen LogP contribution in [0, 0.1) is 6.92 Å². The molecule has 0 aliphatic heterocycles. The van der Waals surface area contributed by atoms with E-state index in [2.05, 4.69) is 59.3 Å². The van der Waals surface area contributed by atoms with E-state index in [0.29, 0.717) is 12.5 Å². The minimum Gasteiger partial charge on any atom is -0.330 e. The van der Waals surface area contributed by atoms with Gasteiger partial charge in [0.2, 0.25) is 5.13 Å². The summed E-state index contributed by atoms with van der Waals surface area (Å²) < 4.78 is 4.45. The number of anilines is 2. The summed E-state index contributed by atoms with van der Waals surface area (Å²) in [5.41, 5.74) is 8.06. The highest BCUT2D eigenvalue weighted by molar-refractivity contribution is 7.09. The van der Waals surface area contributed by atoms with Crippen LogP contribution in [0.1, 0.15) is 37.6 Å². The molecule has 0 saturated heterocycles. The van der Waals surface area contributed by atoms with Crippen molar-refractivity contribution in [1.82, 2.24) is 9.36 Å². The first-order valence-corrected chi connectivity index (χ1v) is 7.77. The van der Waals surface area contributed by atoms with Crippen molar-refractivity contribution in [1.29, 1.82) is 0 Å². The van der Waals surface area contributed by atoms with Gasteiger partial charge in [-0.05, 0) is 37.6 Å². The zero-order valence-corrected chi connectivity index (χ0v) is 13.2. The average molecular weight is 290 g/mol. The smallest absolute Gasteiger partial charge is 0.209 e. The number of rotatable bonds is 6. The molecule has 0 spiro atoms. The lowest BCUT2D eigenvalue weighted by atomic mass is 10.2. The fourth-order valence-corrected chi connectivity index (χ4v) is 2.81. The number of aromatic nitrogens is 2. The molecule has 0 saturated carbocycles. The molecule has 0 unspecified atom stereocenters. The second kappa shape index (κ2) is 6.81. The van der Waals surface area contributed by atoms with Crippen LogP contribution < -0.4 is 10.6 Å². The SMILES string of the molecule is Cc1cccc(N(CCCN)c2nc(C(C)C)ns2)c1. The second-order valence-electron chi connectivity index (χ2n) is 5.22. The highest BCUT2D eigenvalue weighted by Crippen LogP contribution is 2.29. The Hall–Kier alpha value is -1.46. The van der Waals surface area contributed by atoms with Crippen LogP contribution >= 0.6 is 11.5 Å². The third-order valence-corrected chi connectivity index (χ3v) is 3.83. The van der Waals surface area contributed by atoms with Crippen molar-refractivity contribution in [3.05, 3.63) is 35.7 Å². The van der Waals surface area contributed by atoms with Gasteiger partial charge in [0.25, 0.3) is 0 Å². The molecule has 0 radical (unpaired) electrons. The number of hydrogen-bond acceptors (Lipinski definition) is 5. The lowest BCUT2D eigenvalue weighted by Gasteiger charge is -2.21. The Balaban J connectivity index is 2.31. The van der Waals surface area contributed by atoms with Crippen LogP contribution in [0.25, 0.3) is 0 Å². The van der Waals surface area contributed by atoms with E-state index in [1.54, 1.807) is 0 Å². The molecule has 0 aliphatic rings. The Morgan fingerprint density at radius 1 is 1.35 bits per heavy atom. The molecule has 1 aromatic heterocycles. The Bertz CT molecular complexity index is 550. The first-order valence-electron chi connectivity index (χ1n) is 6.99. The monoisotopic (exact) mass is 290 g/mol. The van der Waals surface area contributed by atoms with Crippen molar-refractivity contribution in [2.75, 3.05) is 18.0 Å². The Morgan fingerprint density at radius 3 is 2.75 bits per heavy atom. The summed E-state index contributed by atoms with van der Waals surface area (Å²) in [7, 11) is 0. The number of aryl methyl sites for hydroxylation is 1. The molecule has 2 rings (SSSR count). The van der Waals surface area contributed by atoms with Crippen LogP contribution in [0.3, 0.4) is 0 Å². The number of nitrogens with zero attached hydrogens (tertiary/aromatic N) is 3. The van der Waals surface area contributed by atoms with Crippen molar-refractivity contribution in [2.45, 2.75) is 33.1 Å². The van der Waals surface area contributed by atoms with Crippen molar-refractivity contribution in [2.24, 2.45) is 5.73 Å². The topological polar surface area (TPSA) is 55.0 Å². The van der Waals surface area contributed by atoms with Crippen LogP contribution in [-0.2, 0) is 0 Å². The summed E-state index contributed by atoms with van der Waals surface area (Å²) in [4.78, 5) is 6.87. The van der Waals surface area contributed by atoms with Crippen LogP contribution in [0.4, 0.5) is 10.8 Å². The minimum absolute atomic E-state index is 0.355. The maximum Gasteiger partial charge on any atom is 0.209 e. The fraction of sp³-hybridized carbons (Fsp3) is 0.467. The van der Waals surface area contributed by atoms with Gasteiger partial charge in [0.05, 0.1) is 0 Å². The summed E-state index contributed by atoms with van der Waals surface area (Å²) >= 11 is 1.46. The van der Waals surface area contributed by atoms with Crippen LogP contribution in [0.15, 0.2) is 24.3 Å². The summed E-state index contributed by atoms with van der Waals surface area (Å²) in [6, 6.07) is 8.46. The predicted molar refractivity (Wildman–Crippen MR) is 85.9 cm³/mol. The number of hydrogen-bond donors (Lipinski definition) is 1. The Morgan fingerprint density at radius 2 is 2.15 bits per heavy atom. The third-order valence-electron chi connectivity index (χ3n) is 3.08. The molecule has 2 N–H and O–H groups in total. The molecular weight excluding hydrogens is 268 g/mol. The Kier molecular flexibility index (Phi) is 5.09. The van der Waals surface area contributed by atoms with E-state index in [1.807, 2.05) is 0 Å². The van der Waals surface area contributed by atoms with Gasteiger partial charge in [-0.25, -0.2) is 4.98 Å². The molecule has 0 aliphatic carbocycles. The van der Waals surface area contributed by atoms with Gasteiger partial charge in [-0.1, -0.05) is 26.0 Å². The van der Waals surface area contributed by atoms with E-state index in [1.165, 1.54) is 17.1 Å². The van der Waals surface area contributed by atoms with E-state index in [4.69, 9.17) is 5.73 Å². The summed E-state index contributed by atoms with van der Waals surface area (Å²) in [5, 5.41) is 0.952. The van der Waals surface area contributed by atoms with E-state index in [0.717, 1.165) is 29.6 Å². The highest BCUT2D eigenvalue weighted by atomic mass is 32.1. The first kappa shape index (κ1) is 14.9. The molecule has 108 valence electrons. The number of benzene rings is 1. The molecule has 20 heavy (non-hydrogen) atoms. The van der Waals surface area contributed by atoms with E-state index in [-0.39, 0.29) is 0 Å². The Labute approximate surface area is 124 Å². The van der Waals surface area contributed by atoms with Gasteiger partial charge in [-0.3, -0.25) is 0 Å². The average Bonchev–Trinajstić information content (AvgIpc) is 2.89. The molecular formula is C15H22N4S. The molecule has 0 bridgehead atoms. The molecule has 0 fully saturated rings. The molecule has 4 nitrogen and oxygen atoms in total. The fourth-order valence-electron chi connectivity index (χ4n) is 1.95. The van der Waals surface area contributed by atoms with E-state index in [9.17, 15) is 0 Å². The normalized spacial score (nSPS) is 11.1. The molecule has 0 atom stereocenters. The zero-order valence-electron chi connectivity index (χ0n) is 12.3. The van der Waals surface area contributed by atoms with Crippen molar-refractivity contribution in [3.8, 4) is 0 Å². The number of nitrogens with two attached hydrogens (primary N) is 1. The maximum atomic E-state index is 5.66. The third kappa shape index (κ3) is 3.55. The molecule has 1 aromatic carbocycles. The second-order valence-corrected chi connectivity index (χ2v) is 5.95. The van der Waals surface area contributed by atoms with Gasteiger partial charge in [0.1, 0.15) is 5.82 Å². The van der Waals surface area contributed by atoms with Gasteiger partial charge in [0.15, 0.2) is 0 Å².